The predicted molar refractivity (Wildman–Crippen MR) is 90.5 cm³/mol. The highest BCUT2D eigenvalue weighted by Gasteiger charge is 2.28. The van der Waals surface area contributed by atoms with Gasteiger partial charge in [-0.1, -0.05) is 38.8 Å². The van der Waals surface area contributed by atoms with Crippen LogP contribution in [0, 0.1) is 0 Å². The van der Waals surface area contributed by atoms with E-state index in [4.69, 9.17) is 0 Å². The zero-order chi connectivity index (χ0) is 16.0. The Bertz CT molecular complexity index is 547. The monoisotopic (exact) mass is 324 g/mol. The highest BCUT2D eigenvalue weighted by Crippen LogP contribution is 2.18. The average molecular weight is 324 g/mol. The molecule has 0 saturated carbocycles. The van der Waals surface area contributed by atoms with Crippen molar-refractivity contribution in [3.63, 3.8) is 0 Å². The second-order valence-corrected chi connectivity index (χ2v) is 7.89. The Morgan fingerprint density at radius 2 is 1.59 bits per heavy atom. The molecule has 1 aromatic rings. The quantitative estimate of drug-likeness (QED) is 0.724. The summed E-state index contributed by atoms with van der Waals surface area (Å²) in [6.07, 6.45) is 4.61. The molecule has 1 aromatic carbocycles. The van der Waals surface area contributed by atoms with E-state index in [1.165, 1.54) is 24.8 Å². The third-order valence-electron chi connectivity index (χ3n) is 4.38. The predicted octanol–water partition coefficient (Wildman–Crippen LogP) is 2.75. The molecule has 0 amide bonds. The first-order valence-electron chi connectivity index (χ1n) is 8.39. The van der Waals surface area contributed by atoms with E-state index in [9.17, 15) is 8.42 Å². The number of hydrogen-bond acceptors (Lipinski definition) is 3. The summed E-state index contributed by atoms with van der Waals surface area (Å²) in [4.78, 5) is 2.80. The lowest BCUT2D eigenvalue weighted by molar-refractivity contribution is 0.185. The van der Waals surface area contributed by atoms with Gasteiger partial charge >= 0.3 is 0 Å². The van der Waals surface area contributed by atoms with Crippen LogP contribution >= 0.6 is 0 Å². The molecule has 0 aromatic heterocycles. The fourth-order valence-corrected chi connectivity index (χ4v) is 4.25. The minimum Gasteiger partial charge on any atom is -0.301 e. The van der Waals surface area contributed by atoms with E-state index in [-0.39, 0.29) is 0 Å². The van der Waals surface area contributed by atoms with Crippen LogP contribution in [0.2, 0.25) is 0 Å². The molecular weight excluding hydrogens is 296 g/mol. The Morgan fingerprint density at radius 1 is 0.955 bits per heavy atom. The molecular formula is C17H28N2O2S. The van der Waals surface area contributed by atoms with Crippen molar-refractivity contribution in [1.29, 1.82) is 0 Å². The molecule has 4 nitrogen and oxygen atoms in total. The van der Waals surface area contributed by atoms with Gasteiger partial charge in [-0.05, 0) is 37.1 Å². The minimum atomic E-state index is -3.33. The van der Waals surface area contributed by atoms with Gasteiger partial charge in [0.2, 0.25) is 10.0 Å². The number of benzene rings is 1. The average Bonchev–Trinajstić information content (AvgIpc) is 2.55. The van der Waals surface area contributed by atoms with Crippen LogP contribution in [0.1, 0.15) is 38.7 Å². The standard InChI is InChI=1S/C17H28N2O2S/c1-3-5-6-11-18-12-14-19(15-13-18)22(20,21)17-9-7-16(4-2)8-10-17/h7-10H,3-6,11-15H2,1-2H3. The molecule has 5 heteroatoms. The molecule has 0 N–H and O–H groups in total. The SMILES string of the molecule is CCCCCN1CCN(S(=O)(=O)c2ccc(CC)cc2)CC1. The lowest BCUT2D eigenvalue weighted by Gasteiger charge is -2.34. The van der Waals surface area contributed by atoms with Gasteiger partial charge in [0.15, 0.2) is 0 Å². The van der Waals surface area contributed by atoms with Crippen LogP contribution in [0.25, 0.3) is 0 Å². The number of hydrogen-bond donors (Lipinski definition) is 0. The number of nitrogens with zero attached hydrogens (tertiary/aromatic N) is 2. The summed E-state index contributed by atoms with van der Waals surface area (Å²) in [5.41, 5.74) is 1.17. The molecule has 0 bridgehead atoms. The normalized spacial score (nSPS) is 17.7. The molecule has 1 saturated heterocycles. The van der Waals surface area contributed by atoms with Crippen LogP contribution in [-0.2, 0) is 16.4 Å². The highest BCUT2D eigenvalue weighted by molar-refractivity contribution is 7.89. The van der Waals surface area contributed by atoms with E-state index < -0.39 is 10.0 Å². The summed E-state index contributed by atoms with van der Waals surface area (Å²) in [6.45, 7) is 8.25. The van der Waals surface area contributed by atoms with Gasteiger partial charge in [-0.25, -0.2) is 8.42 Å². The molecule has 2 rings (SSSR count). The molecule has 1 fully saturated rings. The fraction of sp³-hybridized carbons (Fsp3) is 0.647. The zero-order valence-corrected chi connectivity index (χ0v) is 14.6. The molecule has 1 heterocycles. The van der Waals surface area contributed by atoms with Gasteiger partial charge in [0, 0.05) is 26.2 Å². The van der Waals surface area contributed by atoms with E-state index >= 15 is 0 Å². The van der Waals surface area contributed by atoms with Crippen LogP contribution in [0.4, 0.5) is 0 Å². The Morgan fingerprint density at radius 3 is 2.14 bits per heavy atom. The molecule has 0 aliphatic carbocycles. The van der Waals surface area contributed by atoms with Crippen molar-refractivity contribution < 1.29 is 8.42 Å². The topological polar surface area (TPSA) is 40.6 Å². The summed E-state index contributed by atoms with van der Waals surface area (Å²) in [7, 11) is -3.33. The Balaban J connectivity index is 1.94. The van der Waals surface area contributed by atoms with Gasteiger partial charge in [-0.15, -0.1) is 0 Å². The molecule has 124 valence electrons. The number of piperazine rings is 1. The van der Waals surface area contributed by atoms with E-state index in [2.05, 4.69) is 18.7 Å². The van der Waals surface area contributed by atoms with Crippen molar-refractivity contribution in [2.24, 2.45) is 0 Å². The number of sulfonamides is 1. The maximum atomic E-state index is 12.7. The van der Waals surface area contributed by atoms with Gasteiger partial charge in [-0.2, -0.15) is 4.31 Å². The van der Waals surface area contributed by atoms with Crippen molar-refractivity contribution >= 4 is 10.0 Å². The third kappa shape index (κ3) is 4.31. The molecule has 0 atom stereocenters. The van der Waals surface area contributed by atoms with Crippen LogP contribution in [0.15, 0.2) is 29.2 Å². The highest BCUT2D eigenvalue weighted by atomic mass is 32.2. The number of rotatable bonds is 7. The van der Waals surface area contributed by atoms with Crippen LogP contribution in [-0.4, -0.2) is 50.3 Å². The first kappa shape index (κ1) is 17.4. The first-order valence-corrected chi connectivity index (χ1v) is 9.83. The van der Waals surface area contributed by atoms with Gasteiger partial charge in [0.25, 0.3) is 0 Å². The summed E-state index contributed by atoms with van der Waals surface area (Å²) in [5, 5.41) is 0. The molecule has 22 heavy (non-hydrogen) atoms. The van der Waals surface area contributed by atoms with Crippen molar-refractivity contribution in [1.82, 2.24) is 9.21 Å². The van der Waals surface area contributed by atoms with Crippen molar-refractivity contribution in [3.8, 4) is 0 Å². The van der Waals surface area contributed by atoms with E-state index in [1.807, 2.05) is 12.1 Å². The summed E-state index contributed by atoms with van der Waals surface area (Å²) in [5.74, 6) is 0. The Kier molecular flexibility index (Phi) is 6.41. The third-order valence-corrected chi connectivity index (χ3v) is 6.29. The largest absolute Gasteiger partial charge is 0.301 e. The van der Waals surface area contributed by atoms with E-state index in [1.54, 1.807) is 16.4 Å². The first-order chi connectivity index (χ1) is 10.6. The lowest BCUT2D eigenvalue weighted by atomic mass is 10.2. The van der Waals surface area contributed by atoms with Crippen LogP contribution < -0.4 is 0 Å². The van der Waals surface area contributed by atoms with Crippen molar-refractivity contribution in [2.45, 2.75) is 44.4 Å². The van der Waals surface area contributed by atoms with Gasteiger partial charge in [-0.3, -0.25) is 0 Å². The van der Waals surface area contributed by atoms with Crippen LogP contribution in [0.5, 0.6) is 0 Å². The minimum absolute atomic E-state index is 0.420. The fourth-order valence-electron chi connectivity index (χ4n) is 2.83. The number of unbranched alkanes of at least 4 members (excludes halogenated alkanes) is 2. The maximum Gasteiger partial charge on any atom is 0.243 e. The summed E-state index contributed by atoms with van der Waals surface area (Å²) >= 11 is 0. The van der Waals surface area contributed by atoms with Gasteiger partial charge in [0.05, 0.1) is 4.90 Å². The summed E-state index contributed by atoms with van der Waals surface area (Å²) < 4.78 is 27.0. The van der Waals surface area contributed by atoms with Crippen molar-refractivity contribution in [2.75, 3.05) is 32.7 Å². The van der Waals surface area contributed by atoms with Crippen LogP contribution in [0.3, 0.4) is 0 Å². The zero-order valence-electron chi connectivity index (χ0n) is 13.8. The molecule has 0 spiro atoms. The second-order valence-electron chi connectivity index (χ2n) is 5.95. The summed E-state index contributed by atoms with van der Waals surface area (Å²) in [6, 6.07) is 7.30. The van der Waals surface area contributed by atoms with E-state index in [0.717, 1.165) is 26.1 Å². The van der Waals surface area contributed by atoms with E-state index in [0.29, 0.717) is 18.0 Å². The van der Waals surface area contributed by atoms with Gasteiger partial charge in [0.1, 0.15) is 0 Å². The smallest absolute Gasteiger partial charge is 0.243 e. The van der Waals surface area contributed by atoms with Crippen molar-refractivity contribution in [3.05, 3.63) is 29.8 Å². The Hall–Kier alpha value is -0.910. The number of aryl methyl sites for hydroxylation is 1. The lowest BCUT2D eigenvalue weighted by Crippen LogP contribution is -2.48. The maximum absolute atomic E-state index is 12.7. The molecule has 0 unspecified atom stereocenters. The second kappa shape index (κ2) is 8.09. The molecule has 0 radical (unpaired) electrons. The Labute approximate surface area is 135 Å². The molecule has 1 aliphatic rings. The van der Waals surface area contributed by atoms with Gasteiger partial charge < -0.3 is 4.90 Å². The molecule has 1 aliphatic heterocycles.